The van der Waals surface area contributed by atoms with E-state index >= 15 is 0 Å². The second kappa shape index (κ2) is 5.46. The minimum atomic E-state index is -0.305. The third-order valence-corrected chi connectivity index (χ3v) is 3.36. The van der Waals surface area contributed by atoms with E-state index in [1.165, 1.54) is 0 Å². The smallest absolute Gasteiger partial charge is 0.308 e. The Morgan fingerprint density at radius 3 is 2.52 bits per heavy atom. The molecule has 6 heteroatoms. The predicted octanol–water partition coefficient (Wildman–Crippen LogP) is 3.87. The van der Waals surface area contributed by atoms with Gasteiger partial charge < -0.3 is 10.6 Å². The van der Waals surface area contributed by atoms with Crippen LogP contribution in [0.25, 0.3) is 10.9 Å². The molecule has 5 nitrogen and oxygen atoms in total. The second-order valence-electron chi connectivity index (χ2n) is 4.63. The normalized spacial score (nSPS) is 10.6. The quantitative estimate of drug-likeness (QED) is 0.755. The molecule has 2 amide bonds. The third-order valence-electron chi connectivity index (χ3n) is 3.11. The number of aryl methyl sites for hydroxylation is 1. The molecule has 106 valence electrons. The van der Waals surface area contributed by atoms with Crippen LogP contribution in [0.15, 0.2) is 48.7 Å². The molecule has 3 rings (SSSR count). The Balaban J connectivity index is 1.72. The summed E-state index contributed by atoms with van der Waals surface area (Å²) in [5, 5.41) is 11.3. The number of benzene rings is 2. The van der Waals surface area contributed by atoms with Crippen molar-refractivity contribution >= 4 is 39.9 Å². The SMILES string of the molecule is Cn1ncc2cc(NC(=O)Nc3ccc(Cl)cc3)ccc21. The molecule has 0 spiro atoms. The Morgan fingerprint density at radius 2 is 1.76 bits per heavy atom. The molecule has 2 aromatic carbocycles. The summed E-state index contributed by atoms with van der Waals surface area (Å²) < 4.78 is 1.78. The van der Waals surface area contributed by atoms with Gasteiger partial charge in [-0.15, -0.1) is 0 Å². The summed E-state index contributed by atoms with van der Waals surface area (Å²) in [4.78, 5) is 11.9. The van der Waals surface area contributed by atoms with Crippen molar-refractivity contribution in [3.05, 3.63) is 53.7 Å². The lowest BCUT2D eigenvalue weighted by Crippen LogP contribution is -2.19. The summed E-state index contributed by atoms with van der Waals surface area (Å²) in [5.74, 6) is 0. The number of nitrogens with zero attached hydrogens (tertiary/aromatic N) is 2. The van der Waals surface area contributed by atoms with E-state index in [1.807, 2.05) is 25.2 Å². The molecule has 0 aliphatic rings. The summed E-state index contributed by atoms with van der Waals surface area (Å²) >= 11 is 5.80. The van der Waals surface area contributed by atoms with Crippen LogP contribution in [0.5, 0.6) is 0 Å². The van der Waals surface area contributed by atoms with Crippen molar-refractivity contribution in [1.29, 1.82) is 0 Å². The van der Waals surface area contributed by atoms with Crippen LogP contribution in [0.3, 0.4) is 0 Å². The van der Waals surface area contributed by atoms with Gasteiger partial charge in [-0.3, -0.25) is 4.68 Å². The third kappa shape index (κ3) is 2.98. The lowest BCUT2D eigenvalue weighted by atomic mass is 10.2. The van der Waals surface area contributed by atoms with E-state index in [4.69, 9.17) is 11.6 Å². The molecule has 0 unspecified atom stereocenters. The van der Waals surface area contributed by atoms with Gasteiger partial charge in [-0.25, -0.2) is 4.79 Å². The fourth-order valence-corrected chi connectivity index (χ4v) is 2.19. The first kappa shape index (κ1) is 13.5. The Kier molecular flexibility index (Phi) is 3.50. The van der Waals surface area contributed by atoms with Crippen LogP contribution in [0, 0.1) is 0 Å². The first-order valence-electron chi connectivity index (χ1n) is 6.37. The Labute approximate surface area is 126 Å². The van der Waals surface area contributed by atoms with Crippen molar-refractivity contribution in [3.63, 3.8) is 0 Å². The molecule has 0 saturated heterocycles. The Morgan fingerprint density at radius 1 is 1.10 bits per heavy atom. The fraction of sp³-hybridized carbons (Fsp3) is 0.0667. The first-order valence-corrected chi connectivity index (χ1v) is 6.75. The van der Waals surface area contributed by atoms with E-state index in [-0.39, 0.29) is 6.03 Å². The maximum Gasteiger partial charge on any atom is 0.323 e. The van der Waals surface area contributed by atoms with Gasteiger partial charge in [0.2, 0.25) is 0 Å². The zero-order valence-corrected chi connectivity index (χ0v) is 12.1. The molecule has 3 aromatic rings. The first-order chi connectivity index (χ1) is 10.1. The van der Waals surface area contributed by atoms with Crippen LogP contribution in [-0.4, -0.2) is 15.8 Å². The summed E-state index contributed by atoms with van der Waals surface area (Å²) in [5.41, 5.74) is 2.40. The summed E-state index contributed by atoms with van der Waals surface area (Å²) in [6.45, 7) is 0. The average Bonchev–Trinajstić information content (AvgIpc) is 2.82. The zero-order chi connectivity index (χ0) is 14.8. The van der Waals surface area contributed by atoms with E-state index < -0.39 is 0 Å². The number of urea groups is 1. The minimum Gasteiger partial charge on any atom is -0.308 e. The van der Waals surface area contributed by atoms with Crippen LogP contribution < -0.4 is 10.6 Å². The predicted molar refractivity (Wildman–Crippen MR) is 84.8 cm³/mol. The van der Waals surface area contributed by atoms with Crippen molar-refractivity contribution in [2.45, 2.75) is 0 Å². The van der Waals surface area contributed by atoms with Gasteiger partial charge in [0.15, 0.2) is 0 Å². The molecule has 1 aromatic heterocycles. The number of anilines is 2. The molecular weight excluding hydrogens is 288 g/mol. The largest absolute Gasteiger partial charge is 0.323 e. The second-order valence-corrected chi connectivity index (χ2v) is 5.06. The number of nitrogens with one attached hydrogen (secondary N) is 2. The standard InChI is InChI=1S/C15H13ClN4O/c1-20-14-7-6-13(8-10(14)9-17-20)19-15(21)18-12-4-2-11(16)3-5-12/h2-9H,1H3,(H2,18,19,21). The van der Waals surface area contributed by atoms with E-state index in [2.05, 4.69) is 15.7 Å². The number of halogens is 1. The molecular formula is C15H13ClN4O. The maximum atomic E-state index is 11.9. The Bertz CT molecular complexity index is 795. The van der Waals surface area contributed by atoms with Gasteiger partial charge in [0, 0.05) is 28.8 Å². The van der Waals surface area contributed by atoms with Crippen molar-refractivity contribution in [2.75, 3.05) is 10.6 Å². The summed E-state index contributed by atoms with van der Waals surface area (Å²) in [6, 6.07) is 12.3. The lowest BCUT2D eigenvalue weighted by molar-refractivity contribution is 0.262. The van der Waals surface area contributed by atoms with E-state index in [9.17, 15) is 4.79 Å². The van der Waals surface area contributed by atoms with Gasteiger partial charge in [0.25, 0.3) is 0 Å². The highest BCUT2D eigenvalue weighted by Crippen LogP contribution is 2.19. The molecule has 0 aliphatic heterocycles. The maximum absolute atomic E-state index is 11.9. The minimum absolute atomic E-state index is 0.305. The van der Waals surface area contributed by atoms with E-state index in [0.717, 1.165) is 10.9 Å². The topological polar surface area (TPSA) is 59.0 Å². The number of amides is 2. The summed E-state index contributed by atoms with van der Waals surface area (Å²) in [6.07, 6.45) is 1.76. The fourth-order valence-electron chi connectivity index (χ4n) is 2.07. The highest BCUT2D eigenvalue weighted by molar-refractivity contribution is 6.30. The monoisotopic (exact) mass is 300 g/mol. The number of hydrogen-bond acceptors (Lipinski definition) is 2. The lowest BCUT2D eigenvalue weighted by Gasteiger charge is -2.08. The van der Waals surface area contributed by atoms with Crippen LogP contribution in [0.1, 0.15) is 0 Å². The van der Waals surface area contributed by atoms with Gasteiger partial charge in [0.05, 0.1) is 11.7 Å². The molecule has 0 aliphatic carbocycles. The number of carbonyl (C=O) groups excluding carboxylic acids is 1. The highest BCUT2D eigenvalue weighted by atomic mass is 35.5. The number of carbonyl (C=O) groups is 1. The van der Waals surface area contributed by atoms with Crippen molar-refractivity contribution in [1.82, 2.24) is 9.78 Å². The number of fused-ring (bicyclic) bond motifs is 1. The molecule has 0 fully saturated rings. The average molecular weight is 301 g/mol. The number of hydrogen-bond donors (Lipinski definition) is 2. The van der Waals surface area contributed by atoms with E-state index in [1.54, 1.807) is 35.1 Å². The van der Waals surface area contributed by atoms with Crippen LogP contribution in [0.2, 0.25) is 5.02 Å². The molecule has 1 heterocycles. The van der Waals surface area contributed by atoms with Crippen LogP contribution >= 0.6 is 11.6 Å². The molecule has 21 heavy (non-hydrogen) atoms. The highest BCUT2D eigenvalue weighted by Gasteiger charge is 2.05. The van der Waals surface area contributed by atoms with Crippen LogP contribution in [0.4, 0.5) is 16.2 Å². The van der Waals surface area contributed by atoms with Gasteiger partial charge in [-0.1, -0.05) is 11.6 Å². The number of rotatable bonds is 2. The van der Waals surface area contributed by atoms with Crippen molar-refractivity contribution < 1.29 is 4.79 Å². The molecule has 0 atom stereocenters. The van der Waals surface area contributed by atoms with Gasteiger partial charge >= 0.3 is 6.03 Å². The molecule has 2 N–H and O–H groups in total. The Hall–Kier alpha value is -2.53. The zero-order valence-electron chi connectivity index (χ0n) is 11.3. The summed E-state index contributed by atoms with van der Waals surface area (Å²) in [7, 11) is 1.88. The van der Waals surface area contributed by atoms with Crippen molar-refractivity contribution in [3.8, 4) is 0 Å². The molecule has 0 saturated carbocycles. The molecule has 0 radical (unpaired) electrons. The van der Waals surface area contributed by atoms with E-state index in [0.29, 0.717) is 16.4 Å². The van der Waals surface area contributed by atoms with Gasteiger partial charge in [-0.2, -0.15) is 5.10 Å². The van der Waals surface area contributed by atoms with Gasteiger partial charge in [-0.05, 0) is 42.5 Å². The van der Waals surface area contributed by atoms with Crippen molar-refractivity contribution in [2.24, 2.45) is 7.05 Å². The van der Waals surface area contributed by atoms with Crippen LogP contribution in [-0.2, 0) is 7.05 Å². The molecule has 0 bridgehead atoms. The number of aromatic nitrogens is 2. The van der Waals surface area contributed by atoms with Gasteiger partial charge in [0.1, 0.15) is 0 Å².